The van der Waals surface area contributed by atoms with Crippen LogP contribution in [0.2, 0.25) is 0 Å². The highest BCUT2D eigenvalue weighted by atomic mass is 16.2. The Morgan fingerprint density at radius 1 is 1.00 bits per heavy atom. The van der Waals surface area contributed by atoms with Crippen LogP contribution in [-0.2, 0) is 4.79 Å². The molecule has 2 rings (SSSR count). The van der Waals surface area contributed by atoms with Gasteiger partial charge < -0.3 is 5.32 Å². The summed E-state index contributed by atoms with van der Waals surface area (Å²) in [5.74, 6) is -0.456. The minimum Gasteiger partial charge on any atom is -0.326 e. The van der Waals surface area contributed by atoms with Crippen molar-refractivity contribution in [3.8, 4) is 0 Å². The molecule has 0 spiro atoms. The first-order valence-electron chi connectivity index (χ1n) is 8.60. The van der Waals surface area contributed by atoms with Crippen molar-refractivity contribution in [3.63, 3.8) is 0 Å². The minimum atomic E-state index is -0.301. The average molecular weight is 351 g/mol. The SMILES string of the molecule is Cc1cc(C)c(C=NNC(=O)c2ccc(NC(=O)C(C)C)cc2)c(C)c1. The maximum atomic E-state index is 12.2. The molecule has 2 N–H and O–H groups in total. The summed E-state index contributed by atoms with van der Waals surface area (Å²) in [5, 5.41) is 6.86. The van der Waals surface area contributed by atoms with Gasteiger partial charge in [-0.1, -0.05) is 31.5 Å². The monoisotopic (exact) mass is 351 g/mol. The van der Waals surface area contributed by atoms with Crippen LogP contribution in [0.4, 0.5) is 5.69 Å². The minimum absolute atomic E-state index is 0.0596. The second kappa shape index (κ2) is 8.43. The molecule has 0 aliphatic heterocycles. The average Bonchev–Trinajstić information content (AvgIpc) is 2.57. The van der Waals surface area contributed by atoms with E-state index in [0.29, 0.717) is 11.3 Å². The lowest BCUT2D eigenvalue weighted by atomic mass is 10.0. The Labute approximate surface area is 154 Å². The lowest BCUT2D eigenvalue weighted by molar-refractivity contribution is -0.118. The molecule has 0 fully saturated rings. The Morgan fingerprint density at radius 3 is 2.12 bits per heavy atom. The number of carbonyl (C=O) groups excluding carboxylic acids is 2. The van der Waals surface area contributed by atoms with E-state index in [4.69, 9.17) is 0 Å². The molecule has 0 unspecified atom stereocenters. The smallest absolute Gasteiger partial charge is 0.271 e. The summed E-state index contributed by atoms with van der Waals surface area (Å²) in [5.41, 5.74) is 8.11. The molecule has 0 saturated heterocycles. The number of carbonyl (C=O) groups is 2. The van der Waals surface area contributed by atoms with Crippen LogP contribution in [0, 0.1) is 26.7 Å². The highest BCUT2D eigenvalue weighted by molar-refractivity contribution is 5.96. The van der Waals surface area contributed by atoms with E-state index in [1.165, 1.54) is 5.56 Å². The van der Waals surface area contributed by atoms with Crippen molar-refractivity contribution >= 4 is 23.7 Å². The molecule has 0 bridgehead atoms. The molecule has 2 aromatic rings. The first kappa shape index (κ1) is 19.4. The second-order valence-corrected chi connectivity index (χ2v) is 6.73. The third kappa shape index (κ3) is 5.02. The number of rotatable bonds is 5. The number of amides is 2. The molecule has 0 aliphatic rings. The van der Waals surface area contributed by atoms with Gasteiger partial charge in [-0.2, -0.15) is 5.10 Å². The van der Waals surface area contributed by atoms with Crippen molar-refractivity contribution in [1.29, 1.82) is 0 Å². The van der Waals surface area contributed by atoms with Crippen molar-refractivity contribution in [3.05, 3.63) is 64.2 Å². The molecule has 0 heterocycles. The van der Waals surface area contributed by atoms with Crippen molar-refractivity contribution in [2.75, 3.05) is 5.32 Å². The van der Waals surface area contributed by atoms with E-state index in [1.807, 2.05) is 27.7 Å². The Bertz CT molecular complexity index is 814. The van der Waals surface area contributed by atoms with Crippen LogP contribution in [-0.4, -0.2) is 18.0 Å². The zero-order valence-electron chi connectivity index (χ0n) is 15.9. The number of hydrogen-bond acceptors (Lipinski definition) is 3. The van der Waals surface area contributed by atoms with Crippen LogP contribution in [0.3, 0.4) is 0 Å². The van der Waals surface area contributed by atoms with Gasteiger partial charge >= 0.3 is 0 Å². The molecule has 26 heavy (non-hydrogen) atoms. The predicted octanol–water partition coefficient (Wildman–Crippen LogP) is 3.97. The number of nitrogens with one attached hydrogen (secondary N) is 2. The lowest BCUT2D eigenvalue weighted by Crippen LogP contribution is -2.19. The maximum Gasteiger partial charge on any atom is 0.271 e. The van der Waals surface area contributed by atoms with E-state index in [1.54, 1.807) is 30.5 Å². The lowest BCUT2D eigenvalue weighted by Gasteiger charge is -2.08. The van der Waals surface area contributed by atoms with E-state index in [2.05, 4.69) is 34.9 Å². The molecule has 5 heteroatoms. The van der Waals surface area contributed by atoms with Gasteiger partial charge in [0.1, 0.15) is 0 Å². The van der Waals surface area contributed by atoms with Gasteiger partial charge in [0.25, 0.3) is 5.91 Å². The molecule has 0 atom stereocenters. The van der Waals surface area contributed by atoms with Crippen LogP contribution in [0.1, 0.15) is 46.5 Å². The third-order valence-electron chi connectivity index (χ3n) is 4.04. The van der Waals surface area contributed by atoms with Gasteiger partial charge in [-0.05, 0) is 56.2 Å². The Hall–Kier alpha value is -2.95. The van der Waals surface area contributed by atoms with E-state index in [9.17, 15) is 9.59 Å². The van der Waals surface area contributed by atoms with Gasteiger partial charge in [0.15, 0.2) is 0 Å². The third-order valence-corrected chi connectivity index (χ3v) is 4.04. The van der Waals surface area contributed by atoms with E-state index >= 15 is 0 Å². The molecular formula is C21H25N3O2. The van der Waals surface area contributed by atoms with Crippen molar-refractivity contribution in [2.24, 2.45) is 11.0 Å². The summed E-state index contributed by atoms with van der Waals surface area (Å²) in [6, 6.07) is 10.9. The van der Waals surface area contributed by atoms with Crippen molar-refractivity contribution in [2.45, 2.75) is 34.6 Å². The number of hydrogen-bond donors (Lipinski definition) is 2. The van der Waals surface area contributed by atoms with E-state index < -0.39 is 0 Å². The van der Waals surface area contributed by atoms with Crippen LogP contribution in [0.5, 0.6) is 0 Å². The van der Waals surface area contributed by atoms with Crippen LogP contribution >= 0.6 is 0 Å². The van der Waals surface area contributed by atoms with Crippen molar-refractivity contribution in [1.82, 2.24) is 5.43 Å². The summed E-state index contributed by atoms with van der Waals surface area (Å²) in [6.45, 7) is 9.75. The van der Waals surface area contributed by atoms with Crippen LogP contribution < -0.4 is 10.7 Å². The Balaban J connectivity index is 2.01. The molecule has 0 saturated carbocycles. The maximum absolute atomic E-state index is 12.2. The molecule has 0 aromatic heterocycles. The first-order chi connectivity index (χ1) is 12.3. The van der Waals surface area contributed by atoms with Gasteiger partial charge in [-0.3, -0.25) is 9.59 Å². The number of nitrogens with zero attached hydrogens (tertiary/aromatic N) is 1. The molecule has 0 aliphatic carbocycles. The summed E-state index contributed by atoms with van der Waals surface area (Å²) in [6.07, 6.45) is 1.67. The fourth-order valence-corrected chi connectivity index (χ4v) is 2.61. The summed E-state index contributed by atoms with van der Waals surface area (Å²) >= 11 is 0. The number of hydrazone groups is 1. The topological polar surface area (TPSA) is 70.6 Å². The normalized spacial score (nSPS) is 11.0. The van der Waals surface area contributed by atoms with Crippen LogP contribution in [0.15, 0.2) is 41.5 Å². The number of benzene rings is 2. The Morgan fingerprint density at radius 2 is 1.58 bits per heavy atom. The molecule has 5 nitrogen and oxygen atoms in total. The standard InChI is InChI=1S/C21H25N3O2/c1-13(2)20(25)23-18-8-6-17(7-9-18)21(26)24-22-12-19-15(4)10-14(3)11-16(19)5/h6-13H,1-5H3,(H,23,25)(H,24,26). The van der Waals surface area contributed by atoms with Crippen LogP contribution in [0.25, 0.3) is 0 Å². The second-order valence-electron chi connectivity index (χ2n) is 6.73. The van der Waals surface area contributed by atoms with Gasteiger partial charge in [-0.15, -0.1) is 0 Å². The molecule has 0 radical (unpaired) electrons. The molecule has 2 amide bonds. The quantitative estimate of drug-likeness (QED) is 0.632. The van der Waals surface area contributed by atoms with E-state index in [0.717, 1.165) is 16.7 Å². The molecular weight excluding hydrogens is 326 g/mol. The van der Waals surface area contributed by atoms with E-state index in [-0.39, 0.29) is 17.7 Å². The van der Waals surface area contributed by atoms with Crippen molar-refractivity contribution < 1.29 is 9.59 Å². The van der Waals surface area contributed by atoms with Gasteiger partial charge in [0.2, 0.25) is 5.91 Å². The fourth-order valence-electron chi connectivity index (χ4n) is 2.61. The first-order valence-corrected chi connectivity index (χ1v) is 8.60. The summed E-state index contributed by atoms with van der Waals surface area (Å²) in [7, 11) is 0. The number of aryl methyl sites for hydroxylation is 3. The highest BCUT2D eigenvalue weighted by Gasteiger charge is 2.08. The summed E-state index contributed by atoms with van der Waals surface area (Å²) in [4.78, 5) is 23.9. The number of anilines is 1. The van der Waals surface area contributed by atoms with Gasteiger partial charge in [0.05, 0.1) is 6.21 Å². The Kier molecular flexibility index (Phi) is 6.28. The highest BCUT2D eigenvalue weighted by Crippen LogP contribution is 2.14. The largest absolute Gasteiger partial charge is 0.326 e. The zero-order valence-corrected chi connectivity index (χ0v) is 15.9. The molecule has 2 aromatic carbocycles. The van der Waals surface area contributed by atoms with Gasteiger partial charge in [0, 0.05) is 22.7 Å². The zero-order chi connectivity index (χ0) is 19.3. The molecule has 136 valence electrons. The fraction of sp³-hybridized carbons (Fsp3) is 0.286. The predicted molar refractivity (Wildman–Crippen MR) is 106 cm³/mol. The summed E-state index contributed by atoms with van der Waals surface area (Å²) < 4.78 is 0. The van der Waals surface area contributed by atoms with Gasteiger partial charge in [-0.25, -0.2) is 5.43 Å².